The van der Waals surface area contributed by atoms with Crippen molar-refractivity contribution in [1.29, 1.82) is 0 Å². The Kier molecular flexibility index (Phi) is 6.31. The maximum Gasteiger partial charge on any atom is 0.291 e. The quantitative estimate of drug-likeness (QED) is 0.219. The number of anilines is 2. The van der Waals surface area contributed by atoms with Gasteiger partial charge in [-0.25, -0.2) is 0 Å². The number of hydrogen-bond acceptors (Lipinski definition) is 4. The molecule has 0 aliphatic rings. The van der Waals surface area contributed by atoms with E-state index in [1.165, 1.54) is 0 Å². The van der Waals surface area contributed by atoms with Gasteiger partial charge >= 0.3 is 0 Å². The summed E-state index contributed by atoms with van der Waals surface area (Å²) < 4.78 is 6.53. The van der Waals surface area contributed by atoms with Crippen LogP contribution < -0.4 is 16.0 Å². The molecule has 0 atom stereocenters. The molecule has 0 spiro atoms. The minimum Gasteiger partial charge on any atom is -0.451 e. The van der Waals surface area contributed by atoms with E-state index < -0.39 is 0 Å². The summed E-state index contributed by atoms with van der Waals surface area (Å²) in [5, 5.41) is 11.3. The number of para-hydroxylation sites is 1. The van der Waals surface area contributed by atoms with Crippen LogP contribution in [0.25, 0.3) is 21.7 Å². The van der Waals surface area contributed by atoms with Crippen molar-refractivity contribution >= 4 is 78.2 Å². The number of rotatable bonds is 4. The molecule has 6 nitrogen and oxygen atoms in total. The van der Waals surface area contributed by atoms with Gasteiger partial charge in [0.2, 0.25) is 0 Å². The van der Waals surface area contributed by atoms with Gasteiger partial charge < -0.3 is 15.1 Å². The molecular weight excluding hydrogens is 526 g/mol. The third-order valence-electron chi connectivity index (χ3n) is 5.37. The molecule has 0 saturated heterocycles. The highest BCUT2D eigenvalue weighted by molar-refractivity contribution is 9.10. The molecule has 0 aliphatic heterocycles. The van der Waals surface area contributed by atoms with Gasteiger partial charge in [0, 0.05) is 26.8 Å². The smallest absolute Gasteiger partial charge is 0.291 e. The number of carbonyl (C=O) groups excluding carboxylic acids is 2. The largest absolute Gasteiger partial charge is 0.451 e. The van der Waals surface area contributed by atoms with Gasteiger partial charge in [-0.05, 0) is 65.5 Å². The first-order valence-corrected chi connectivity index (χ1v) is 11.9. The molecule has 0 unspecified atom stereocenters. The standard InChI is InChI=1S/C27H18BrN3O3S/c28-22-12-5-9-19-20(22)10-4-11-21(19)25(32)31-27(35)30-18-8-3-7-17(15-18)29-26(33)24-14-16-6-1-2-13-23(16)34-24/h1-15H,(H,29,33)(H2,30,31,32,35). The van der Waals surface area contributed by atoms with E-state index in [1.807, 2.05) is 54.6 Å². The Bertz CT molecular complexity index is 1580. The molecule has 172 valence electrons. The second kappa shape index (κ2) is 9.69. The number of nitrogens with one attached hydrogen (secondary N) is 3. The average molecular weight is 544 g/mol. The molecule has 0 fully saturated rings. The zero-order valence-corrected chi connectivity index (χ0v) is 20.6. The summed E-state index contributed by atoms with van der Waals surface area (Å²) >= 11 is 8.87. The molecule has 4 aromatic carbocycles. The van der Waals surface area contributed by atoms with Crippen molar-refractivity contribution in [3.63, 3.8) is 0 Å². The molecule has 8 heteroatoms. The summed E-state index contributed by atoms with van der Waals surface area (Å²) in [6.07, 6.45) is 0. The molecule has 1 aromatic heterocycles. The van der Waals surface area contributed by atoms with Gasteiger partial charge in [-0.3, -0.25) is 14.9 Å². The predicted octanol–water partition coefficient (Wildman–Crippen LogP) is 6.73. The minimum absolute atomic E-state index is 0.141. The molecule has 0 radical (unpaired) electrons. The highest BCUT2D eigenvalue weighted by Gasteiger charge is 2.14. The normalized spacial score (nSPS) is 10.8. The van der Waals surface area contributed by atoms with Crippen molar-refractivity contribution in [2.24, 2.45) is 0 Å². The number of amides is 2. The molecule has 5 rings (SSSR count). The number of fused-ring (bicyclic) bond motifs is 2. The van der Waals surface area contributed by atoms with Crippen LogP contribution in [0.4, 0.5) is 11.4 Å². The van der Waals surface area contributed by atoms with Gasteiger partial charge in [0.1, 0.15) is 5.58 Å². The minimum atomic E-state index is -0.364. The van der Waals surface area contributed by atoms with Crippen molar-refractivity contribution < 1.29 is 14.0 Å². The van der Waals surface area contributed by atoms with Crippen LogP contribution in [-0.2, 0) is 0 Å². The van der Waals surface area contributed by atoms with E-state index in [-0.39, 0.29) is 22.7 Å². The number of benzene rings is 4. The van der Waals surface area contributed by atoms with Crippen LogP contribution in [0, 0.1) is 0 Å². The molecule has 3 N–H and O–H groups in total. The number of thiocarbonyl (C=S) groups is 1. The number of carbonyl (C=O) groups is 2. The third-order valence-corrected chi connectivity index (χ3v) is 6.26. The topological polar surface area (TPSA) is 83.4 Å². The van der Waals surface area contributed by atoms with Crippen LogP contribution in [-0.4, -0.2) is 16.9 Å². The number of halogens is 1. The summed E-state index contributed by atoms with van der Waals surface area (Å²) in [5.74, 6) is -0.467. The monoisotopic (exact) mass is 543 g/mol. The lowest BCUT2D eigenvalue weighted by molar-refractivity contribution is 0.0976. The summed E-state index contributed by atoms with van der Waals surface area (Å²) in [6, 6.07) is 27.4. The first-order valence-electron chi connectivity index (χ1n) is 10.7. The Labute approximate surface area is 214 Å². The van der Waals surface area contributed by atoms with Crippen molar-refractivity contribution in [2.75, 3.05) is 10.6 Å². The first-order chi connectivity index (χ1) is 17.0. The van der Waals surface area contributed by atoms with Crippen LogP contribution in [0.2, 0.25) is 0 Å². The summed E-state index contributed by atoms with van der Waals surface area (Å²) in [6.45, 7) is 0. The Balaban J connectivity index is 1.26. The highest BCUT2D eigenvalue weighted by Crippen LogP contribution is 2.26. The van der Waals surface area contributed by atoms with Crippen LogP contribution >= 0.6 is 28.1 Å². The Hall–Kier alpha value is -4.01. The van der Waals surface area contributed by atoms with Gasteiger partial charge in [0.05, 0.1) is 0 Å². The zero-order chi connectivity index (χ0) is 24.4. The molecule has 35 heavy (non-hydrogen) atoms. The van der Waals surface area contributed by atoms with Crippen molar-refractivity contribution in [2.45, 2.75) is 0 Å². The van der Waals surface area contributed by atoms with E-state index in [4.69, 9.17) is 16.6 Å². The second-order valence-electron chi connectivity index (χ2n) is 7.73. The molecule has 0 saturated carbocycles. The predicted molar refractivity (Wildman–Crippen MR) is 146 cm³/mol. The van der Waals surface area contributed by atoms with Gasteiger partial charge in [0.15, 0.2) is 10.9 Å². The average Bonchev–Trinajstić information content (AvgIpc) is 3.29. The van der Waals surface area contributed by atoms with E-state index in [1.54, 1.807) is 36.4 Å². The van der Waals surface area contributed by atoms with E-state index in [0.717, 1.165) is 20.6 Å². The van der Waals surface area contributed by atoms with E-state index >= 15 is 0 Å². The van der Waals surface area contributed by atoms with E-state index in [2.05, 4.69) is 31.9 Å². The van der Waals surface area contributed by atoms with Gasteiger partial charge in [-0.1, -0.05) is 64.5 Å². The number of hydrogen-bond donors (Lipinski definition) is 3. The van der Waals surface area contributed by atoms with Crippen LogP contribution in [0.15, 0.2) is 99.9 Å². The van der Waals surface area contributed by atoms with Crippen LogP contribution in [0.5, 0.6) is 0 Å². The maximum atomic E-state index is 12.9. The van der Waals surface area contributed by atoms with Gasteiger partial charge in [0.25, 0.3) is 11.8 Å². The number of furan rings is 1. The lowest BCUT2D eigenvalue weighted by Crippen LogP contribution is -2.34. The lowest BCUT2D eigenvalue weighted by Gasteiger charge is -2.12. The van der Waals surface area contributed by atoms with Gasteiger partial charge in [-0.2, -0.15) is 0 Å². The first kappa shape index (κ1) is 22.8. The fourth-order valence-electron chi connectivity index (χ4n) is 3.76. The van der Waals surface area contributed by atoms with Crippen LogP contribution in [0.1, 0.15) is 20.9 Å². The zero-order valence-electron chi connectivity index (χ0n) is 18.2. The van der Waals surface area contributed by atoms with Gasteiger partial charge in [-0.15, -0.1) is 0 Å². The maximum absolute atomic E-state index is 12.9. The lowest BCUT2D eigenvalue weighted by atomic mass is 10.0. The summed E-state index contributed by atoms with van der Waals surface area (Å²) in [4.78, 5) is 25.5. The second-order valence-corrected chi connectivity index (χ2v) is 8.99. The van der Waals surface area contributed by atoms with E-state index in [0.29, 0.717) is 22.5 Å². The van der Waals surface area contributed by atoms with Crippen molar-refractivity contribution in [3.8, 4) is 0 Å². The fraction of sp³-hybridized carbons (Fsp3) is 0. The SMILES string of the molecule is O=C(Nc1cccc(NC(=S)NC(=O)c2cccc3c(Br)cccc23)c1)c1cc2ccccc2o1. The molecule has 5 aromatic rings. The summed E-state index contributed by atoms with van der Waals surface area (Å²) in [5.41, 5.74) is 2.32. The third kappa shape index (κ3) is 4.94. The van der Waals surface area contributed by atoms with Crippen molar-refractivity contribution in [1.82, 2.24) is 5.32 Å². The molecule has 1 heterocycles. The molecule has 0 aliphatic carbocycles. The van der Waals surface area contributed by atoms with Crippen LogP contribution in [0.3, 0.4) is 0 Å². The summed E-state index contributed by atoms with van der Waals surface area (Å²) in [7, 11) is 0. The highest BCUT2D eigenvalue weighted by atomic mass is 79.9. The Morgan fingerprint density at radius 3 is 2.29 bits per heavy atom. The van der Waals surface area contributed by atoms with Crippen molar-refractivity contribution in [3.05, 3.63) is 107 Å². The fourth-order valence-corrected chi connectivity index (χ4v) is 4.47. The molecular formula is C27H18BrN3O3S. The Morgan fingerprint density at radius 1 is 0.743 bits per heavy atom. The molecule has 0 bridgehead atoms. The van der Waals surface area contributed by atoms with E-state index in [9.17, 15) is 9.59 Å². The Morgan fingerprint density at radius 2 is 1.46 bits per heavy atom. The molecule has 2 amide bonds.